The first kappa shape index (κ1) is 9.90. The lowest BCUT2D eigenvalue weighted by Crippen LogP contribution is -2.04. The van der Waals surface area contributed by atoms with Crippen molar-refractivity contribution in [3.8, 4) is 0 Å². The summed E-state index contributed by atoms with van der Waals surface area (Å²) in [6, 6.07) is 6.36. The third-order valence-electron chi connectivity index (χ3n) is 1.75. The summed E-state index contributed by atoms with van der Waals surface area (Å²) in [6.07, 6.45) is 2.44. The lowest BCUT2D eigenvalue weighted by Gasteiger charge is -2.00. The van der Waals surface area contributed by atoms with Gasteiger partial charge in [0, 0.05) is 12.8 Å². The van der Waals surface area contributed by atoms with Gasteiger partial charge in [-0.3, -0.25) is 4.79 Å². The van der Waals surface area contributed by atoms with E-state index in [1.165, 1.54) is 6.07 Å². The molecule has 1 aromatic rings. The van der Waals surface area contributed by atoms with Crippen molar-refractivity contribution < 1.29 is 9.18 Å². The molecule has 0 aliphatic carbocycles. The number of carbonyl (C=O) groups excluding carboxylic acids is 1. The van der Waals surface area contributed by atoms with Gasteiger partial charge in [0.2, 0.25) is 0 Å². The maximum atomic E-state index is 13.0. The molecule has 69 valence electrons. The molecule has 0 aromatic heterocycles. The first-order valence-corrected chi connectivity index (χ1v) is 4.33. The average Bonchev–Trinajstić information content (AvgIpc) is 2.09. The third kappa shape index (κ3) is 2.98. The summed E-state index contributed by atoms with van der Waals surface area (Å²) >= 11 is 0. The molecule has 0 spiro atoms. The van der Waals surface area contributed by atoms with Crippen LogP contribution in [0.3, 0.4) is 0 Å². The van der Waals surface area contributed by atoms with Crippen molar-refractivity contribution in [1.29, 1.82) is 0 Å². The van der Waals surface area contributed by atoms with E-state index >= 15 is 0 Å². The van der Waals surface area contributed by atoms with Gasteiger partial charge in [-0.1, -0.05) is 25.1 Å². The van der Waals surface area contributed by atoms with Gasteiger partial charge in [0.25, 0.3) is 0 Å². The summed E-state index contributed by atoms with van der Waals surface area (Å²) < 4.78 is 13.0. The molecule has 0 N–H and O–H groups in total. The first-order chi connectivity index (χ1) is 6.24. The molecule has 0 aliphatic heterocycles. The zero-order valence-corrected chi connectivity index (χ0v) is 7.59. The van der Waals surface area contributed by atoms with E-state index in [-0.39, 0.29) is 18.0 Å². The van der Waals surface area contributed by atoms with Crippen molar-refractivity contribution in [3.05, 3.63) is 42.1 Å². The van der Waals surface area contributed by atoms with E-state index in [2.05, 4.69) is 0 Å². The van der Waals surface area contributed by atoms with Crippen molar-refractivity contribution in [3.63, 3.8) is 0 Å². The summed E-state index contributed by atoms with van der Waals surface area (Å²) in [5.74, 6) is -0.326. The fraction of sp³-hybridized carbons (Fsp3) is 0.273. The van der Waals surface area contributed by atoms with Gasteiger partial charge in [-0.15, -0.1) is 0 Å². The molecule has 0 saturated heterocycles. The Balaban J connectivity index is 2.63. The second kappa shape index (κ2) is 4.75. The number of rotatable bonds is 4. The van der Waals surface area contributed by atoms with Crippen LogP contribution in [-0.2, 0) is 11.2 Å². The standard InChI is InChI=1S/C11H12FO/c1-2-5-10(13)8-9-6-3-4-7-11(9)12/h3-7H,2,8H2,1H3. The number of benzene rings is 1. The molecule has 0 aliphatic rings. The lowest BCUT2D eigenvalue weighted by molar-refractivity contribution is -0.115. The number of ketones is 1. The van der Waals surface area contributed by atoms with Gasteiger partial charge in [-0.25, -0.2) is 4.39 Å². The van der Waals surface area contributed by atoms with E-state index in [1.807, 2.05) is 6.92 Å². The van der Waals surface area contributed by atoms with Crippen LogP contribution >= 0.6 is 0 Å². The van der Waals surface area contributed by atoms with Crippen molar-refractivity contribution in [2.24, 2.45) is 0 Å². The Hall–Kier alpha value is -1.18. The highest BCUT2D eigenvalue weighted by Gasteiger charge is 2.06. The molecule has 1 nitrogen and oxygen atoms in total. The summed E-state index contributed by atoms with van der Waals surface area (Å²) in [5.41, 5.74) is 0.470. The Kier molecular flexibility index (Phi) is 3.62. The maximum absolute atomic E-state index is 13.0. The molecule has 13 heavy (non-hydrogen) atoms. The molecule has 0 saturated carbocycles. The Bertz CT molecular complexity index is 294. The SMILES string of the molecule is CC[CH]C(=O)Cc1ccccc1F. The quantitative estimate of drug-likeness (QED) is 0.694. The number of hydrogen-bond acceptors (Lipinski definition) is 1. The predicted molar refractivity (Wildman–Crippen MR) is 49.7 cm³/mol. The number of halogens is 1. The Morgan fingerprint density at radius 3 is 2.77 bits per heavy atom. The molecule has 0 unspecified atom stereocenters. The van der Waals surface area contributed by atoms with Crippen LogP contribution in [0.15, 0.2) is 24.3 Å². The van der Waals surface area contributed by atoms with Crippen LogP contribution in [0, 0.1) is 12.2 Å². The van der Waals surface area contributed by atoms with E-state index in [9.17, 15) is 9.18 Å². The zero-order chi connectivity index (χ0) is 9.68. The normalized spacial score (nSPS) is 10.0. The van der Waals surface area contributed by atoms with Gasteiger partial charge in [0.1, 0.15) is 11.6 Å². The summed E-state index contributed by atoms with van der Waals surface area (Å²) in [6.45, 7) is 1.89. The molecule has 0 amide bonds. The molecular formula is C11H12FO. The molecule has 1 aromatic carbocycles. The topological polar surface area (TPSA) is 17.1 Å². The zero-order valence-electron chi connectivity index (χ0n) is 7.59. The maximum Gasteiger partial charge on any atom is 0.141 e. The van der Waals surface area contributed by atoms with Crippen LogP contribution in [0.5, 0.6) is 0 Å². The second-order valence-electron chi connectivity index (χ2n) is 2.85. The van der Waals surface area contributed by atoms with E-state index in [0.717, 1.165) is 0 Å². The van der Waals surface area contributed by atoms with Gasteiger partial charge in [0.15, 0.2) is 0 Å². The molecule has 1 radical (unpaired) electrons. The molecular weight excluding hydrogens is 167 g/mol. The van der Waals surface area contributed by atoms with Gasteiger partial charge in [0.05, 0.1) is 0 Å². The van der Waals surface area contributed by atoms with E-state index in [0.29, 0.717) is 12.0 Å². The van der Waals surface area contributed by atoms with Crippen molar-refractivity contribution in [2.45, 2.75) is 19.8 Å². The summed E-state index contributed by atoms with van der Waals surface area (Å²) in [5, 5.41) is 0. The van der Waals surface area contributed by atoms with Gasteiger partial charge < -0.3 is 0 Å². The molecule has 0 fully saturated rings. The van der Waals surface area contributed by atoms with E-state index in [4.69, 9.17) is 0 Å². The molecule has 1 rings (SSSR count). The van der Waals surface area contributed by atoms with Crippen LogP contribution in [0.4, 0.5) is 4.39 Å². The summed E-state index contributed by atoms with van der Waals surface area (Å²) in [7, 11) is 0. The minimum absolute atomic E-state index is 0.0207. The molecule has 2 heteroatoms. The van der Waals surface area contributed by atoms with Crippen molar-refractivity contribution in [2.75, 3.05) is 0 Å². The van der Waals surface area contributed by atoms with E-state index < -0.39 is 0 Å². The number of Topliss-reactive ketones (excluding diaryl/α,β-unsaturated/α-hetero) is 1. The van der Waals surface area contributed by atoms with Gasteiger partial charge in [-0.2, -0.15) is 0 Å². The summed E-state index contributed by atoms with van der Waals surface area (Å²) in [4.78, 5) is 11.1. The van der Waals surface area contributed by atoms with Crippen molar-refractivity contribution >= 4 is 5.78 Å². The minimum atomic E-state index is -0.305. The lowest BCUT2D eigenvalue weighted by atomic mass is 10.1. The fourth-order valence-electron chi connectivity index (χ4n) is 1.13. The van der Waals surface area contributed by atoms with Crippen LogP contribution in [0.2, 0.25) is 0 Å². The van der Waals surface area contributed by atoms with Gasteiger partial charge >= 0.3 is 0 Å². The number of carbonyl (C=O) groups is 1. The highest BCUT2D eigenvalue weighted by Crippen LogP contribution is 2.08. The second-order valence-corrected chi connectivity index (χ2v) is 2.85. The Morgan fingerprint density at radius 1 is 1.46 bits per heavy atom. The van der Waals surface area contributed by atoms with Crippen molar-refractivity contribution in [1.82, 2.24) is 0 Å². The van der Waals surface area contributed by atoms with Crippen LogP contribution < -0.4 is 0 Å². The molecule has 0 heterocycles. The van der Waals surface area contributed by atoms with Gasteiger partial charge in [-0.05, 0) is 18.1 Å². The predicted octanol–water partition coefficient (Wildman–Crippen LogP) is 2.55. The first-order valence-electron chi connectivity index (χ1n) is 4.33. The van der Waals surface area contributed by atoms with Crippen LogP contribution in [0.25, 0.3) is 0 Å². The Labute approximate surface area is 77.6 Å². The highest BCUT2D eigenvalue weighted by atomic mass is 19.1. The average molecular weight is 179 g/mol. The molecule has 0 bridgehead atoms. The Morgan fingerprint density at radius 2 is 2.15 bits per heavy atom. The van der Waals surface area contributed by atoms with Crippen LogP contribution in [0.1, 0.15) is 18.9 Å². The largest absolute Gasteiger partial charge is 0.299 e. The van der Waals surface area contributed by atoms with E-state index in [1.54, 1.807) is 24.6 Å². The minimum Gasteiger partial charge on any atom is -0.299 e. The highest BCUT2D eigenvalue weighted by molar-refractivity contribution is 5.88. The monoisotopic (exact) mass is 179 g/mol. The smallest absolute Gasteiger partial charge is 0.141 e. The van der Waals surface area contributed by atoms with Crippen LogP contribution in [-0.4, -0.2) is 5.78 Å². The fourth-order valence-corrected chi connectivity index (χ4v) is 1.13. The number of hydrogen-bond donors (Lipinski definition) is 0. The third-order valence-corrected chi connectivity index (χ3v) is 1.75. The molecule has 0 atom stereocenters.